The standard InChI is InChI=1S/C14H18IN3/c1-10(2)7-11-3-5-12(6-4-11)9-18-14(16)13(15)8-17-18/h3-6,8,10H,7,9,16H2,1-2H3. The number of hydrogen-bond donors (Lipinski definition) is 1. The van der Waals surface area contributed by atoms with Gasteiger partial charge in [0.25, 0.3) is 0 Å². The van der Waals surface area contributed by atoms with Crippen LogP contribution >= 0.6 is 22.6 Å². The number of hydrogen-bond acceptors (Lipinski definition) is 2. The summed E-state index contributed by atoms with van der Waals surface area (Å²) in [4.78, 5) is 0. The number of benzene rings is 1. The van der Waals surface area contributed by atoms with Crippen LogP contribution in [0.4, 0.5) is 5.82 Å². The lowest BCUT2D eigenvalue weighted by Gasteiger charge is -2.07. The molecule has 0 aliphatic carbocycles. The van der Waals surface area contributed by atoms with Crippen molar-refractivity contribution in [3.05, 3.63) is 45.2 Å². The maximum atomic E-state index is 5.94. The summed E-state index contributed by atoms with van der Waals surface area (Å²) in [6.45, 7) is 5.21. The molecular weight excluding hydrogens is 337 g/mol. The third-order valence-electron chi connectivity index (χ3n) is 2.83. The maximum absolute atomic E-state index is 5.94. The van der Waals surface area contributed by atoms with E-state index >= 15 is 0 Å². The molecule has 0 radical (unpaired) electrons. The van der Waals surface area contributed by atoms with Gasteiger partial charge in [-0.1, -0.05) is 38.1 Å². The highest BCUT2D eigenvalue weighted by molar-refractivity contribution is 14.1. The number of rotatable bonds is 4. The van der Waals surface area contributed by atoms with E-state index in [0.29, 0.717) is 5.92 Å². The summed E-state index contributed by atoms with van der Waals surface area (Å²) < 4.78 is 2.84. The van der Waals surface area contributed by atoms with Crippen LogP contribution in [0.5, 0.6) is 0 Å². The fourth-order valence-corrected chi connectivity index (χ4v) is 2.33. The van der Waals surface area contributed by atoms with Crippen molar-refractivity contribution in [2.24, 2.45) is 5.92 Å². The summed E-state index contributed by atoms with van der Waals surface area (Å²) in [5, 5.41) is 4.27. The molecule has 18 heavy (non-hydrogen) atoms. The van der Waals surface area contributed by atoms with E-state index in [2.05, 4.69) is 65.8 Å². The summed E-state index contributed by atoms with van der Waals surface area (Å²) in [6.07, 6.45) is 2.92. The Balaban J connectivity index is 2.08. The highest BCUT2D eigenvalue weighted by Gasteiger charge is 2.05. The van der Waals surface area contributed by atoms with Crippen LogP contribution in [-0.4, -0.2) is 9.78 Å². The van der Waals surface area contributed by atoms with Gasteiger partial charge in [0.2, 0.25) is 0 Å². The summed E-state index contributed by atoms with van der Waals surface area (Å²) >= 11 is 2.20. The van der Waals surface area contributed by atoms with Gasteiger partial charge in [-0.2, -0.15) is 5.10 Å². The molecule has 0 saturated heterocycles. The normalized spacial score (nSPS) is 11.1. The van der Waals surface area contributed by atoms with Crippen LogP contribution in [0.15, 0.2) is 30.5 Å². The van der Waals surface area contributed by atoms with E-state index in [-0.39, 0.29) is 0 Å². The van der Waals surface area contributed by atoms with Crippen LogP contribution < -0.4 is 5.73 Å². The zero-order chi connectivity index (χ0) is 13.1. The van der Waals surface area contributed by atoms with E-state index in [1.54, 1.807) is 6.20 Å². The minimum Gasteiger partial charge on any atom is -0.383 e. The summed E-state index contributed by atoms with van der Waals surface area (Å²) in [7, 11) is 0. The first kappa shape index (κ1) is 13.4. The van der Waals surface area contributed by atoms with Crippen molar-refractivity contribution in [1.82, 2.24) is 9.78 Å². The molecule has 96 valence electrons. The van der Waals surface area contributed by atoms with Gasteiger partial charge >= 0.3 is 0 Å². The van der Waals surface area contributed by atoms with Crippen LogP contribution in [0.1, 0.15) is 25.0 Å². The van der Waals surface area contributed by atoms with E-state index in [4.69, 9.17) is 5.73 Å². The topological polar surface area (TPSA) is 43.8 Å². The number of nitrogens with two attached hydrogens (primary N) is 1. The van der Waals surface area contributed by atoms with Crippen molar-refractivity contribution in [1.29, 1.82) is 0 Å². The van der Waals surface area contributed by atoms with E-state index in [1.165, 1.54) is 11.1 Å². The van der Waals surface area contributed by atoms with E-state index in [9.17, 15) is 0 Å². The molecule has 0 aliphatic rings. The molecule has 0 saturated carbocycles. The number of halogens is 1. The molecular formula is C14H18IN3. The van der Waals surface area contributed by atoms with Crippen LogP contribution in [0.25, 0.3) is 0 Å². The van der Waals surface area contributed by atoms with Crippen molar-refractivity contribution in [2.75, 3.05) is 5.73 Å². The molecule has 1 aromatic carbocycles. The van der Waals surface area contributed by atoms with Crippen LogP contribution in [0.3, 0.4) is 0 Å². The highest BCUT2D eigenvalue weighted by atomic mass is 127. The van der Waals surface area contributed by atoms with Crippen LogP contribution in [0.2, 0.25) is 0 Å². The van der Waals surface area contributed by atoms with E-state index in [0.717, 1.165) is 22.4 Å². The Labute approximate surface area is 122 Å². The second kappa shape index (κ2) is 5.73. The van der Waals surface area contributed by atoms with Gasteiger partial charge in [0, 0.05) is 0 Å². The first-order valence-electron chi connectivity index (χ1n) is 6.11. The maximum Gasteiger partial charge on any atom is 0.135 e. The molecule has 0 amide bonds. The number of nitrogen functional groups attached to an aromatic ring is 1. The predicted octanol–water partition coefficient (Wildman–Crippen LogP) is 3.32. The average Bonchev–Trinajstić information content (AvgIpc) is 2.63. The molecule has 0 aliphatic heterocycles. The van der Waals surface area contributed by atoms with Gasteiger partial charge in [0.1, 0.15) is 5.82 Å². The van der Waals surface area contributed by atoms with Gasteiger partial charge in [-0.05, 0) is 46.1 Å². The Hall–Kier alpha value is -1.04. The lowest BCUT2D eigenvalue weighted by Crippen LogP contribution is -2.06. The minimum atomic E-state index is 0.694. The quantitative estimate of drug-likeness (QED) is 0.856. The van der Waals surface area contributed by atoms with Crippen molar-refractivity contribution in [2.45, 2.75) is 26.8 Å². The summed E-state index contributed by atoms with van der Waals surface area (Å²) in [6, 6.07) is 8.71. The smallest absolute Gasteiger partial charge is 0.135 e. The van der Waals surface area contributed by atoms with Crippen molar-refractivity contribution >= 4 is 28.4 Å². The predicted molar refractivity (Wildman–Crippen MR) is 83.4 cm³/mol. The molecule has 3 nitrogen and oxygen atoms in total. The largest absolute Gasteiger partial charge is 0.383 e. The summed E-state index contributed by atoms with van der Waals surface area (Å²) in [5.41, 5.74) is 8.56. The molecule has 2 N–H and O–H groups in total. The monoisotopic (exact) mass is 355 g/mol. The van der Waals surface area contributed by atoms with Gasteiger partial charge < -0.3 is 5.73 Å². The molecule has 0 bridgehead atoms. The van der Waals surface area contributed by atoms with Crippen molar-refractivity contribution < 1.29 is 0 Å². The number of nitrogens with zero attached hydrogens (tertiary/aromatic N) is 2. The lowest BCUT2D eigenvalue weighted by atomic mass is 10.0. The molecule has 0 atom stereocenters. The Bertz CT molecular complexity index is 514. The molecule has 0 spiro atoms. The van der Waals surface area contributed by atoms with E-state index in [1.807, 2.05) is 4.68 Å². The SMILES string of the molecule is CC(C)Cc1ccc(Cn2ncc(I)c2N)cc1. The van der Waals surface area contributed by atoms with Gasteiger partial charge in [0.15, 0.2) is 0 Å². The molecule has 1 aromatic heterocycles. The highest BCUT2D eigenvalue weighted by Crippen LogP contribution is 2.16. The summed E-state index contributed by atoms with van der Waals surface area (Å²) in [5.74, 6) is 1.43. The van der Waals surface area contributed by atoms with Gasteiger partial charge in [0.05, 0.1) is 16.3 Å². The molecule has 0 fully saturated rings. The van der Waals surface area contributed by atoms with Gasteiger partial charge in [-0.15, -0.1) is 0 Å². The van der Waals surface area contributed by atoms with Gasteiger partial charge in [-0.25, -0.2) is 4.68 Å². The fraction of sp³-hybridized carbons (Fsp3) is 0.357. The fourth-order valence-electron chi connectivity index (χ4n) is 1.92. The van der Waals surface area contributed by atoms with Crippen LogP contribution in [-0.2, 0) is 13.0 Å². The van der Waals surface area contributed by atoms with Crippen molar-refractivity contribution in [3.63, 3.8) is 0 Å². The zero-order valence-electron chi connectivity index (χ0n) is 10.7. The third-order valence-corrected chi connectivity index (χ3v) is 3.66. The van der Waals surface area contributed by atoms with Gasteiger partial charge in [-0.3, -0.25) is 0 Å². The molecule has 0 unspecified atom stereocenters. The van der Waals surface area contributed by atoms with Crippen LogP contribution in [0, 0.1) is 9.49 Å². The molecule has 2 aromatic rings. The Morgan fingerprint density at radius 1 is 1.22 bits per heavy atom. The third kappa shape index (κ3) is 3.25. The first-order chi connectivity index (χ1) is 8.56. The minimum absolute atomic E-state index is 0.694. The zero-order valence-corrected chi connectivity index (χ0v) is 12.9. The molecule has 2 rings (SSSR count). The Morgan fingerprint density at radius 2 is 1.83 bits per heavy atom. The molecule has 4 heteroatoms. The lowest BCUT2D eigenvalue weighted by molar-refractivity contribution is 0.646. The van der Waals surface area contributed by atoms with Crippen molar-refractivity contribution in [3.8, 4) is 0 Å². The van der Waals surface area contributed by atoms with E-state index < -0.39 is 0 Å². The second-order valence-corrected chi connectivity index (χ2v) is 6.11. The average molecular weight is 355 g/mol. The second-order valence-electron chi connectivity index (χ2n) is 4.95. The first-order valence-corrected chi connectivity index (χ1v) is 7.18. The Kier molecular flexibility index (Phi) is 4.27. The Morgan fingerprint density at radius 3 is 2.33 bits per heavy atom. The molecule has 1 heterocycles. The number of anilines is 1. The number of aromatic nitrogens is 2.